The molecule has 0 aliphatic heterocycles. The molecule has 0 aliphatic rings. The van der Waals surface area contributed by atoms with E-state index in [1.165, 1.54) is 0 Å². The van der Waals surface area contributed by atoms with Gasteiger partial charge in [-0.05, 0) is 0 Å². The minimum absolute atomic E-state index is 0.500. The number of carbonyl (C=O) groups excluding carboxylic acids is 5. The molecule has 0 heterocycles. The molecule has 0 spiro atoms. The molecular weight excluding hydrogens is 419 g/mol. The molecule has 10 heteroatoms. The third-order valence-electron chi connectivity index (χ3n) is 0. The molecule has 0 atom stereocenters. The first-order valence-corrected chi connectivity index (χ1v) is 5.39. The fourth-order valence-corrected chi connectivity index (χ4v) is 0. The van der Waals surface area contributed by atoms with Gasteiger partial charge < -0.3 is 0 Å². The van der Waals surface area contributed by atoms with Crippen molar-refractivity contribution in [3.8, 4) is 0 Å². The first kappa shape index (κ1) is 29.7. The maximum absolute atomic E-state index is 8.69. The van der Waals surface area contributed by atoms with Crippen LogP contribution in [0.1, 0.15) is 0 Å². The number of hydrogen-bond acceptors (Lipinski definition) is 5. The summed E-state index contributed by atoms with van der Waals surface area (Å²) in [6.45, 7) is 0. The number of hydrogen-bond donors (Lipinski definition) is 0. The molecular formula is C5H5Fe5O5. The molecule has 0 aromatic carbocycles. The molecule has 0 aromatic heterocycles. The van der Waals surface area contributed by atoms with Crippen LogP contribution in [0.4, 0.5) is 0 Å². The number of rotatable bonds is 0. The Morgan fingerprint density at radius 2 is 0.400 bits per heavy atom. The van der Waals surface area contributed by atoms with Gasteiger partial charge in [-0.2, -0.15) is 0 Å². The summed E-state index contributed by atoms with van der Waals surface area (Å²) < 4.78 is 0. The summed E-state index contributed by atoms with van der Waals surface area (Å²) in [5.41, 5.74) is 0. The Bertz CT molecular complexity index is 96.2. The molecule has 0 rings (SSSR count). The average Bonchev–Trinajstić information content (AvgIpc) is 2.09. The van der Waals surface area contributed by atoms with Crippen molar-refractivity contribution in [3.63, 3.8) is 0 Å². The molecule has 0 fully saturated rings. The zero-order chi connectivity index (χ0) is 13.5. The molecule has 15 heavy (non-hydrogen) atoms. The second kappa shape index (κ2) is 82.2. The molecule has 0 unspecified atom stereocenters. The van der Waals surface area contributed by atoms with Crippen LogP contribution in [0, 0.1) is 0 Å². The van der Waals surface area contributed by atoms with Gasteiger partial charge in [0.15, 0.2) is 0 Å². The second-order valence-corrected chi connectivity index (χ2v) is 1.72. The predicted octanol–water partition coefficient (Wildman–Crippen LogP) is -1.38. The molecule has 0 saturated carbocycles. The van der Waals surface area contributed by atoms with Gasteiger partial charge in [0.05, 0.1) is 0 Å². The minimum atomic E-state index is 0.500. The molecule has 5 nitrogen and oxygen atoms in total. The van der Waals surface area contributed by atoms with Crippen LogP contribution < -0.4 is 0 Å². The van der Waals surface area contributed by atoms with E-state index in [0.717, 1.165) is 0 Å². The van der Waals surface area contributed by atoms with Gasteiger partial charge in [-0.25, -0.2) is 0 Å². The van der Waals surface area contributed by atoms with Crippen LogP contribution in [0.2, 0.25) is 0 Å². The van der Waals surface area contributed by atoms with E-state index in [-0.39, 0.29) is 0 Å². The van der Waals surface area contributed by atoms with Gasteiger partial charge in [-0.1, -0.05) is 0 Å². The monoisotopic (exact) mass is 425 g/mol. The number of carbonyl (C=O) groups is 5. The van der Waals surface area contributed by atoms with Crippen LogP contribution >= 0.6 is 0 Å². The summed E-state index contributed by atoms with van der Waals surface area (Å²) in [6, 6.07) is 0. The Labute approximate surface area is 129 Å². The standard InChI is InChI=1S/5CHO.5Fe/c5*1-2;;;;;/h5*1H;;;;;. The Kier molecular flexibility index (Phi) is 163. The summed E-state index contributed by atoms with van der Waals surface area (Å²) in [5, 5.41) is 2.50. The van der Waals surface area contributed by atoms with Crippen molar-refractivity contribution in [2.75, 3.05) is 0 Å². The molecule has 0 N–H and O–H groups in total. The average molecular weight is 424 g/mol. The summed E-state index contributed by atoms with van der Waals surface area (Å²) >= 11 is 14.0. The first-order chi connectivity index (χ1) is 7.07. The third kappa shape index (κ3) is 2790. The van der Waals surface area contributed by atoms with Gasteiger partial charge in [0.2, 0.25) is 0 Å². The van der Waals surface area contributed by atoms with Crippen LogP contribution in [0.5, 0.6) is 0 Å². The molecule has 0 amide bonds. The zero-order valence-electron chi connectivity index (χ0n) is 6.70. The van der Waals surface area contributed by atoms with E-state index in [2.05, 4.69) is 80.1 Å². The molecule has 95 valence electrons. The van der Waals surface area contributed by atoms with Gasteiger partial charge in [0.1, 0.15) is 0 Å². The van der Waals surface area contributed by atoms with E-state index in [9.17, 15) is 0 Å². The zero-order valence-corrected chi connectivity index (χ0v) is 12.2. The Morgan fingerprint density at radius 1 is 0.400 bits per heavy atom. The van der Waals surface area contributed by atoms with Crippen LogP contribution in [0.25, 0.3) is 0 Å². The van der Waals surface area contributed by atoms with Gasteiger partial charge in [0, 0.05) is 0 Å². The van der Waals surface area contributed by atoms with E-state index in [0.29, 0.717) is 25.9 Å². The van der Waals surface area contributed by atoms with E-state index in [1.54, 1.807) is 0 Å². The Morgan fingerprint density at radius 3 is 0.400 bits per heavy atom. The Balaban J connectivity index is -0.0000000278. The van der Waals surface area contributed by atoms with Crippen molar-refractivity contribution in [2.24, 2.45) is 0 Å². The van der Waals surface area contributed by atoms with E-state index in [1.807, 2.05) is 0 Å². The van der Waals surface area contributed by atoms with Crippen LogP contribution in [0.15, 0.2) is 0 Å². The normalized spacial score (nSPS) is 4.33. The van der Waals surface area contributed by atoms with Gasteiger partial charge in [0.25, 0.3) is 0 Å². The fraction of sp³-hybridized carbons (Fsp3) is 0. The van der Waals surface area contributed by atoms with E-state index in [4.69, 9.17) is 24.0 Å². The van der Waals surface area contributed by atoms with Crippen LogP contribution in [-0.4, -0.2) is 25.9 Å². The SMILES string of the molecule is O=[CH][Fe].O=[CH][Fe].O=[CH][Fe].O=[CH][Fe].O=[CH][Fe]. The van der Waals surface area contributed by atoms with Crippen molar-refractivity contribution >= 4 is 25.9 Å². The summed E-state index contributed by atoms with van der Waals surface area (Å²) in [6.07, 6.45) is 0. The van der Waals surface area contributed by atoms with Gasteiger partial charge in [-0.15, -0.1) is 0 Å². The van der Waals surface area contributed by atoms with Crippen molar-refractivity contribution in [1.82, 2.24) is 0 Å². The first-order valence-electron chi connectivity index (χ1n) is 2.20. The van der Waals surface area contributed by atoms with Crippen molar-refractivity contribution in [1.29, 1.82) is 0 Å². The summed E-state index contributed by atoms with van der Waals surface area (Å²) in [4.78, 5) is 43.5. The third-order valence-corrected chi connectivity index (χ3v) is 0. The molecule has 0 bridgehead atoms. The van der Waals surface area contributed by atoms with E-state index >= 15 is 0 Å². The van der Waals surface area contributed by atoms with Crippen molar-refractivity contribution in [3.05, 3.63) is 0 Å². The van der Waals surface area contributed by atoms with E-state index < -0.39 is 0 Å². The predicted molar refractivity (Wildman–Crippen MR) is 33.8 cm³/mol. The molecule has 0 aromatic rings. The summed E-state index contributed by atoms with van der Waals surface area (Å²) in [7, 11) is 0. The topological polar surface area (TPSA) is 85.3 Å². The fourth-order valence-electron chi connectivity index (χ4n) is 0. The summed E-state index contributed by atoms with van der Waals surface area (Å²) in [5.74, 6) is 0. The van der Waals surface area contributed by atoms with Gasteiger partial charge >= 0.3 is 130 Å². The maximum atomic E-state index is 8.69. The van der Waals surface area contributed by atoms with Gasteiger partial charge in [-0.3, -0.25) is 0 Å². The van der Waals surface area contributed by atoms with Crippen LogP contribution in [-0.2, 0) is 104 Å². The molecule has 0 saturated heterocycles. The molecule has 0 radical (unpaired) electrons. The van der Waals surface area contributed by atoms with Crippen molar-refractivity contribution in [2.45, 2.75) is 0 Å². The quantitative estimate of drug-likeness (QED) is 0.354. The molecule has 0 aliphatic carbocycles. The van der Waals surface area contributed by atoms with Crippen molar-refractivity contribution < 1.29 is 104 Å². The second-order valence-electron chi connectivity index (χ2n) is 0.417. The van der Waals surface area contributed by atoms with Crippen LogP contribution in [0.3, 0.4) is 0 Å². The Hall–Kier alpha value is 0.947.